The van der Waals surface area contributed by atoms with Gasteiger partial charge in [-0.2, -0.15) is 11.3 Å². The van der Waals surface area contributed by atoms with Crippen LogP contribution in [0.2, 0.25) is 0 Å². The molecule has 0 bridgehead atoms. The highest BCUT2D eigenvalue weighted by molar-refractivity contribution is 14.0. The molecule has 0 saturated heterocycles. The Labute approximate surface area is 172 Å². The SMILES string of the molecule is CN=C(NCc1coc(-c2cccs2)n1)NCC(C)c1ccsc1.I. The summed E-state index contributed by atoms with van der Waals surface area (Å²) in [6, 6.07) is 6.15. The lowest BCUT2D eigenvalue weighted by Crippen LogP contribution is -2.38. The first kappa shape index (κ1) is 19.9. The van der Waals surface area contributed by atoms with Crippen molar-refractivity contribution in [1.29, 1.82) is 0 Å². The molecule has 8 heteroatoms. The summed E-state index contributed by atoms with van der Waals surface area (Å²) in [5.74, 6) is 1.86. The van der Waals surface area contributed by atoms with E-state index in [2.05, 4.69) is 44.4 Å². The van der Waals surface area contributed by atoms with Gasteiger partial charge in [-0.05, 0) is 39.8 Å². The van der Waals surface area contributed by atoms with Crippen LogP contribution in [0.4, 0.5) is 0 Å². The summed E-state index contributed by atoms with van der Waals surface area (Å²) >= 11 is 3.34. The van der Waals surface area contributed by atoms with Crippen molar-refractivity contribution >= 4 is 52.6 Å². The van der Waals surface area contributed by atoms with Crippen LogP contribution in [0.3, 0.4) is 0 Å². The molecule has 0 aliphatic carbocycles. The number of nitrogens with zero attached hydrogens (tertiary/aromatic N) is 2. The van der Waals surface area contributed by atoms with Gasteiger partial charge in [0, 0.05) is 13.6 Å². The molecule has 25 heavy (non-hydrogen) atoms. The van der Waals surface area contributed by atoms with E-state index in [1.165, 1.54) is 5.56 Å². The molecular formula is C17H21IN4OS2. The molecule has 3 rings (SSSR count). The van der Waals surface area contributed by atoms with E-state index in [0.29, 0.717) is 18.4 Å². The Morgan fingerprint density at radius 3 is 2.88 bits per heavy atom. The smallest absolute Gasteiger partial charge is 0.236 e. The number of guanidine groups is 1. The Morgan fingerprint density at radius 1 is 1.32 bits per heavy atom. The standard InChI is InChI=1S/C17H20N4OS2.HI/c1-12(13-5-7-23-11-13)8-19-17(18-2)20-9-14-10-22-16(21-14)15-4-3-6-24-15;/h3-7,10-12H,8-9H2,1-2H3,(H2,18,19,20);1H. The van der Waals surface area contributed by atoms with E-state index in [-0.39, 0.29) is 24.0 Å². The van der Waals surface area contributed by atoms with Crippen LogP contribution in [-0.2, 0) is 6.54 Å². The highest BCUT2D eigenvalue weighted by Gasteiger charge is 2.09. The number of thiophene rings is 2. The van der Waals surface area contributed by atoms with Gasteiger partial charge in [0.25, 0.3) is 0 Å². The van der Waals surface area contributed by atoms with E-state index in [1.807, 2.05) is 17.5 Å². The zero-order valence-electron chi connectivity index (χ0n) is 14.1. The van der Waals surface area contributed by atoms with Crippen LogP contribution in [0.1, 0.15) is 24.1 Å². The molecule has 0 aliphatic heterocycles. The molecule has 0 amide bonds. The van der Waals surface area contributed by atoms with Gasteiger partial charge in [-0.1, -0.05) is 13.0 Å². The van der Waals surface area contributed by atoms with Crippen molar-refractivity contribution in [2.45, 2.75) is 19.4 Å². The minimum absolute atomic E-state index is 0. The van der Waals surface area contributed by atoms with Gasteiger partial charge < -0.3 is 15.1 Å². The van der Waals surface area contributed by atoms with Gasteiger partial charge in [-0.3, -0.25) is 4.99 Å². The Kier molecular flexibility index (Phi) is 7.91. The molecular weight excluding hydrogens is 467 g/mol. The molecule has 0 aliphatic rings. The zero-order valence-corrected chi connectivity index (χ0v) is 18.0. The number of hydrogen-bond acceptors (Lipinski definition) is 5. The maximum Gasteiger partial charge on any atom is 0.236 e. The van der Waals surface area contributed by atoms with Gasteiger partial charge in [0.2, 0.25) is 5.89 Å². The van der Waals surface area contributed by atoms with E-state index < -0.39 is 0 Å². The Morgan fingerprint density at radius 2 is 2.20 bits per heavy atom. The lowest BCUT2D eigenvalue weighted by Gasteiger charge is -2.14. The third-order valence-corrected chi connectivity index (χ3v) is 5.19. The van der Waals surface area contributed by atoms with E-state index in [4.69, 9.17) is 4.42 Å². The minimum Gasteiger partial charge on any atom is -0.443 e. The van der Waals surface area contributed by atoms with Crippen molar-refractivity contribution in [1.82, 2.24) is 15.6 Å². The van der Waals surface area contributed by atoms with Gasteiger partial charge in [0.05, 0.1) is 17.1 Å². The van der Waals surface area contributed by atoms with Crippen molar-refractivity contribution in [3.63, 3.8) is 0 Å². The minimum atomic E-state index is 0. The number of aliphatic imine (C=N–C) groups is 1. The van der Waals surface area contributed by atoms with Crippen molar-refractivity contribution in [2.75, 3.05) is 13.6 Å². The van der Waals surface area contributed by atoms with Crippen molar-refractivity contribution in [2.24, 2.45) is 4.99 Å². The number of aromatic nitrogens is 1. The lowest BCUT2D eigenvalue weighted by atomic mass is 10.1. The van der Waals surface area contributed by atoms with Crippen LogP contribution < -0.4 is 10.6 Å². The summed E-state index contributed by atoms with van der Waals surface area (Å²) in [4.78, 5) is 9.78. The van der Waals surface area contributed by atoms with Crippen LogP contribution in [0.25, 0.3) is 10.8 Å². The number of hydrogen-bond donors (Lipinski definition) is 2. The molecule has 3 aromatic rings. The fraction of sp³-hybridized carbons (Fsp3) is 0.294. The number of nitrogens with one attached hydrogen (secondary N) is 2. The fourth-order valence-electron chi connectivity index (χ4n) is 2.22. The van der Waals surface area contributed by atoms with Crippen LogP contribution >= 0.6 is 46.7 Å². The van der Waals surface area contributed by atoms with Crippen LogP contribution in [0.15, 0.2) is 50.0 Å². The fourth-order valence-corrected chi connectivity index (χ4v) is 3.66. The molecule has 1 atom stereocenters. The van der Waals surface area contributed by atoms with Gasteiger partial charge in [-0.15, -0.1) is 35.3 Å². The average Bonchev–Trinajstić information content (AvgIpc) is 3.35. The topological polar surface area (TPSA) is 62.5 Å². The van der Waals surface area contributed by atoms with Gasteiger partial charge in [0.15, 0.2) is 5.96 Å². The maximum absolute atomic E-state index is 5.52. The molecule has 2 N–H and O–H groups in total. The second-order valence-electron chi connectivity index (χ2n) is 5.39. The van der Waals surface area contributed by atoms with Crippen molar-refractivity contribution in [3.8, 4) is 10.8 Å². The highest BCUT2D eigenvalue weighted by atomic mass is 127. The predicted molar refractivity (Wildman–Crippen MR) is 116 cm³/mol. The van der Waals surface area contributed by atoms with E-state index in [0.717, 1.165) is 23.1 Å². The number of halogens is 1. The third kappa shape index (κ3) is 5.55. The molecule has 3 aromatic heterocycles. The Hall–Kier alpha value is -1.39. The summed E-state index contributed by atoms with van der Waals surface area (Å²) in [5.41, 5.74) is 2.20. The third-order valence-electron chi connectivity index (χ3n) is 3.63. The molecule has 0 fully saturated rings. The molecule has 134 valence electrons. The molecule has 0 radical (unpaired) electrons. The lowest BCUT2D eigenvalue weighted by molar-refractivity contribution is 0.573. The van der Waals surface area contributed by atoms with Gasteiger partial charge >= 0.3 is 0 Å². The van der Waals surface area contributed by atoms with Gasteiger partial charge in [-0.25, -0.2) is 4.98 Å². The summed E-state index contributed by atoms with van der Waals surface area (Å²) in [6.45, 7) is 3.60. The molecule has 0 saturated carbocycles. The number of oxazole rings is 1. The zero-order chi connectivity index (χ0) is 16.8. The summed E-state index contributed by atoms with van der Waals surface area (Å²) in [7, 11) is 1.77. The molecule has 0 aromatic carbocycles. The Balaban J connectivity index is 0.00000225. The normalized spacial score (nSPS) is 12.5. The predicted octanol–water partition coefficient (Wildman–Crippen LogP) is 4.55. The Bertz CT molecular complexity index is 769. The summed E-state index contributed by atoms with van der Waals surface area (Å²) in [6.07, 6.45) is 1.68. The number of rotatable bonds is 6. The quantitative estimate of drug-likeness (QED) is 0.304. The second kappa shape index (κ2) is 9.93. The summed E-state index contributed by atoms with van der Waals surface area (Å²) < 4.78 is 5.52. The molecule has 0 spiro atoms. The second-order valence-corrected chi connectivity index (χ2v) is 7.11. The molecule has 1 unspecified atom stereocenters. The van der Waals surface area contributed by atoms with E-state index in [9.17, 15) is 0 Å². The maximum atomic E-state index is 5.52. The first-order valence-corrected chi connectivity index (χ1v) is 9.53. The van der Waals surface area contributed by atoms with Crippen LogP contribution in [0, 0.1) is 0 Å². The van der Waals surface area contributed by atoms with E-state index >= 15 is 0 Å². The monoisotopic (exact) mass is 488 g/mol. The van der Waals surface area contributed by atoms with Crippen LogP contribution in [-0.4, -0.2) is 24.5 Å². The summed E-state index contributed by atoms with van der Waals surface area (Å²) in [5, 5.41) is 12.9. The van der Waals surface area contributed by atoms with E-state index in [1.54, 1.807) is 36.0 Å². The largest absolute Gasteiger partial charge is 0.443 e. The average molecular weight is 488 g/mol. The molecule has 5 nitrogen and oxygen atoms in total. The molecule has 3 heterocycles. The van der Waals surface area contributed by atoms with Crippen molar-refractivity contribution < 1.29 is 4.42 Å². The highest BCUT2D eigenvalue weighted by Crippen LogP contribution is 2.23. The first-order chi connectivity index (χ1) is 11.8. The first-order valence-electron chi connectivity index (χ1n) is 7.71. The van der Waals surface area contributed by atoms with Crippen LogP contribution in [0.5, 0.6) is 0 Å². The van der Waals surface area contributed by atoms with Crippen molar-refractivity contribution in [3.05, 3.63) is 51.9 Å². The van der Waals surface area contributed by atoms with Gasteiger partial charge in [0.1, 0.15) is 6.26 Å².